The molecule has 3 aromatic carbocycles. The third-order valence-corrected chi connectivity index (χ3v) is 7.66. The van der Waals surface area contributed by atoms with E-state index in [1.165, 1.54) is 53.7 Å². The molecule has 172 valence electrons. The van der Waals surface area contributed by atoms with Crippen LogP contribution in [0.1, 0.15) is 53.4 Å². The van der Waals surface area contributed by atoms with Gasteiger partial charge in [0.1, 0.15) is 0 Å². The first-order valence-corrected chi connectivity index (χ1v) is 12.7. The Hall–Kier alpha value is -2.62. The third-order valence-electron chi connectivity index (χ3n) is 7.66. The second-order valence-corrected chi connectivity index (χ2v) is 9.65. The highest BCUT2D eigenvalue weighted by molar-refractivity contribution is 5.52. The van der Waals surface area contributed by atoms with E-state index in [-0.39, 0.29) is 0 Å². The maximum Gasteiger partial charge on any atom is 0.0367 e. The molecule has 0 amide bonds. The summed E-state index contributed by atoms with van der Waals surface area (Å²) >= 11 is 0. The fraction of sp³-hybridized carbons (Fsp3) is 0.400. The van der Waals surface area contributed by atoms with Gasteiger partial charge in [0.2, 0.25) is 0 Å². The number of anilines is 1. The van der Waals surface area contributed by atoms with Crippen molar-refractivity contribution < 1.29 is 0 Å². The number of nitrogens with zero attached hydrogens (tertiary/aromatic N) is 2. The topological polar surface area (TPSA) is 32.5 Å². The molecule has 1 heterocycles. The molecule has 2 aliphatic rings. The minimum atomic E-state index is 0.422. The number of aryl methyl sites for hydroxylation is 1. The highest BCUT2D eigenvalue weighted by Crippen LogP contribution is 2.46. The molecule has 3 aromatic rings. The average Bonchev–Trinajstić information content (AvgIpc) is 2.89. The molecular formula is C30H37N3. The van der Waals surface area contributed by atoms with Gasteiger partial charge in [-0.05, 0) is 79.1 Å². The van der Waals surface area contributed by atoms with E-state index < -0.39 is 0 Å². The second-order valence-electron chi connectivity index (χ2n) is 9.65. The smallest absolute Gasteiger partial charge is 0.0367 e. The highest BCUT2D eigenvalue weighted by Gasteiger charge is 2.31. The van der Waals surface area contributed by atoms with Crippen LogP contribution in [-0.4, -0.2) is 44.2 Å². The van der Waals surface area contributed by atoms with Crippen molar-refractivity contribution in [1.29, 1.82) is 0 Å². The van der Waals surface area contributed by atoms with Gasteiger partial charge in [-0.15, -0.1) is 0 Å². The number of benzene rings is 3. The lowest BCUT2D eigenvalue weighted by molar-refractivity contribution is 0.253. The number of hydrogen-bond acceptors (Lipinski definition) is 3. The minimum absolute atomic E-state index is 0.422. The van der Waals surface area contributed by atoms with Gasteiger partial charge in [0.25, 0.3) is 0 Å². The first-order valence-electron chi connectivity index (χ1n) is 12.7. The Labute approximate surface area is 199 Å². The summed E-state index contributed by atoms with van der Waals surface area (Å²) < 4.78 is 0. The van der Waals surface area contributed by atoms with E-state index in [1.807, 2.05) is 0 Å². The van der Waals surface area contributed by atoms with E-state index in [9.17, 15) is 0 Å². The van der Waals surface area contributed by atoms with Crippen molar-refractivity contribution in [2.24, 2.45) is 5.73 Å². The van der Waals surface area contributed by atoms with Gasteiger partial charge in [-0.3, -0.25) is 4.90 Å². The molecule has 1 aliphatic carbocycles. The van der Waals surface area contributed by atoms with E-state index >= 15 is 0 Å². The number of hydrogen-bond donors (Lipinski definition) is 1. The molecule has 1 aliphatic heterocycles. The van der Waals surface area contributed by atoms with E-state index in [2.05, 4.69) is 88.7 Å². The van der Waals surface area contributed by atoms with Crippen molar-refractivity contribution >= 4 is 5.69 Å². The summed E-state index contributed by atoms with van der Waals surface area (Å²) in [5.74, 6) is 0.954. The van der Waals surface area contributed by atoms with Crippen molar-refractivity contribution in [3.05, 3.63) is 101 Å². The van der Waals surface area contributed by atoms with E-state index in [0.717, 1.165) is 39.1 Å². The molecule has 2 N–H and O–H groups in total. The van der Waals surface area contributed by atoms with Gasteiger partial charge in [-0.25, -0.2) is 0 Å². The maximum atomic E-state index is 5.65. The van der Waals surface area contributed by atoms with E-state index in [4.69, 9.17) is 5.73 Å². The summed E-state index contributed by atoms with van der Waals surface area (Å²) in [7, 11) is 0. The molecule has 0 radical (unpaired) electrons. The number of piperazine rings is 1. The molecule has 1 fully saturated rings. The number of rotatable bonds is 7. The van der Waals surface area contributed by atoms with Crippen LogP contribution in [-0.2, 0) is 6.42 Å². The molecular weight excluding hydrogens is 402 g/mol. The lowest BCUT2D eigenvalue weighted by Gasteiger charge is -2.37. The quantitative estimate of drug-likeness (QED) is 0.500. The Morgan fingerprint density at radius 3 is 2.21 bits per heavy atom. The molecule has 5 rings (SSSR count). The van der Waals surface area contributed by atoms with Crippen LogP contribution in [0.3, 0.4) is 0 Å². The number of nitrogens with two attached hydrogens (primary N) is 1. The Morgan fingerprint density at radius 2 is 1.45 bits per heavy atom. The van der Waals surface area contributed by atoms with Crippen LogP contribution in [0.25, 0.3) is 0 Å². The van der Waals surface area contributed by atoms with Crippen molar-refractivity contribution in [2.75, 3.05) is 44.2 Å². The molecule has 3 nitrogen and oxygen atoms in total. The fourth-order valence-corrected chi connectivity index (χ4v) is 5.83. The van der Waals surface area contributed by atoms with Crippen LogP contribution in [0.2, 0.25) is 0 Å². The Morgan fingerprint density at radius 1 is 0.727 bits per heavy atom. The molecule has 1 saturated heterocycles. The van der Waals surface area contributed by atoms with Crippen LogP contribution in [0.4, 0.5) is 5.69 Å². The molecule has 0 spiro atoms. The van der Waals surface area contributed by atoms with Crippen LogP contribution < -0.4 is 10.6 Å². The molecule has 0 saturated carbocycles. The normalized spacial score (nSPS) is 21.1. The molecule has 2 unspecified atom stereocenters. The lowest BCUT2D eigenvalue weighted by Crippen LogP contribution is -2.46. The van der Waals surface area contributed by atoms with Crippen molar-refractivity contribution in [3.8, 4) is 0 Å². The zero-order chi connectivity index (χ0) is 22.5. The summed E-state index contributed by atoms with van der Waals surface area (Å²) in [4.78, 5) is 5.14. The van der Waals surface area contributed by atoms with Gasteiger partial charge in [0.05, 0.1) is 0 Å². The monoisotopic (exact) mass is 439 g/mol. The van der Waals surface area contributed by atoms with Gasteiger partial charge in [0.15, 0.2) is 0 Å². The standard InChI is InChI=1S/C30H37N3/c31-18-6-7-19-32-20-22-33(23-21-32)27-15-12-26(13-16-27)30-28-11-5-4-10-25(28)14-17-29(30)24-8-2-1-3-9-24/h1-5,8-13,15-16,29-30H,6-7,14,17-23,31H2. The maximum absolute atomic E-state index is 5.65. The molecule has 3 heteroatoms. The van der Waals surface area contributed by atoms with Crippen molar-refractivity contribution in [1.82, 2.24) is 4.90 Å². The number of fused-ring (bicyclic) bond motifs is 1. The first-order chi connectivity index (χ1) is 16.3. The summed E-state index contributed by atoms with van der Waals surface area (Å²) in [6.07, 6.45) is 4.73. The van der Waals surface area contributed by atoms with Crippen molar-refractivity contribution in [3.63, 3.8) is 0 Å². The molecule has 2 atom stereocenters. The van der Waals surface area contributed by atoms with E-state index in [0.29, 0.717) is 11.8 Å². The molecule has 33 heavy (non-hydrogen) atoms. The summed E-state index contributed by atoms with van der Waals surface area (Å²) in [5.41, 5.74) is 12.9. The summed E-state index contributed by atoms with van der Waals surface area (Å²) in [6.45, 7) is 6.52. The van der Waals surface area contributed by atoms with Crippen molar-refractivity contribution in [2.45, 2.75) is 37.5 Å². The van der Waals surface area contributed by atoms with Gasteiger partial charge in [-0.1, -0.05) is 66.7 Å². The van der Waals surface area contributed by atoms with Crippen LogP contribution in [0.5, 0.6) is 0 Å². The second kappa shape index (κ2) is 10.5. The average molecular weight is 440 g/mol. The predicted molar refractivity (Wildman–Crippen MR) is 139 cm³/mol. The Balaban J connectivity index is 1.34. The number of unbranched alkanes of at least 4 members (excludes halogenated alkanes) is 1. The third kappa shape index (κ3) is 5.00. The summed E-state index contributed by atoms with van der Waals surface area (Å²) in [6, 6.07) is 29.7. The van der Waals surface area contributed by atoms with Crippen LogP contribution >= 0.6 is 0 Å². The van der Waals surface area contributed by atoms with E-state index in [1.54, 1.807) is 0 Å². The van der Waals surface area contributed by atoms with Crippen LogP contribution in [0, 0.1) is 0 Å². The van der Waals surface area contributed by atoms with Gasteiger partial charge in [-0.2, -0.15) is 0 Å². The minimum Gasteiger partial charge on any atom is -0.369 e. The Kier molecular flexibility index (Phi) is 7.09. The van der Waals surface area contributed by atoms with Crippen LogP contribution in [0.15, 0.2) is 78.9 Å². The molecule has 0 bridgehead atoms. The highest BCUT2D eigenvalue weighted by atomic mass is 15.3. The zero-order valence-electron chi connectivity index (χ0n) is 19.7. The van der Waals surface area contributed by atoms with Gasteiger partial charge < -0.3 is 10.6 Å². The SMILES string of the molecule is NCCCCN1CCN(c2ccc(C3c4ccccc4CCC3c3ccccc3)cc2)CC1. The molecule has 0 aromatic heterocycles. The van der Waals surface area contributed by atoms with Gasteiger partial charge in [0, 0.05) is 37.8 Å². The first kappa shape index (κ1) is 22.2. The predicted octanol–water partition coefficient (Wildman–Crippen LogP) is 5.41. The largest absolute Gasteiger partial charge is 0.369 e. The zero-order valence-corrected chi connectivity index (χ0v) is 19.7. The van der Waals surface area contributed by atoms with Gasteiger partial charge >= 0.3 is 0 Å². The fourth-order valence-electron chi connectivity index (χ4n) is 5.83. The lowest BCUT2D eigenvalue weighted by atomic mass is 9.69. The Bertz CT molecular complexity index is 1010. The summed E-state index contributed by atoms with van der Waals surface area (Å²) in [5, 5.41) is 0.